The third-order valence-corrected chi connectivity index (χ3v) is 5.24. The summed E-state index contributed by atoms with van der Waals surface area (Å²) in [5, 5.41) is 0. The second-order valence-corrected chi connectivity index (χ2v) is 8.24. The van der Waals surface area contributed by atoms with Crippen LogP contribution in [-0.4, -0.2) is 19.7 Å². The van der Waals surface area contributed by atoms with Crippen molar-refractivity contribution in [1.82, 2.24) is 4.98 Å². The summed E-state index contributed by atoms with van der Waals surface area (Å²) in [5.41, 5.74) is 10.4. The Balaban J connectivity index is 1.99. The molecular formula is C20H20N2O3S. The average molecular weight is 368 g/mol. The van der Waals surface area contributed by atoms with Gasteiger partial charge in [-0.15, -0.1) is 0 Å². The first-order valence-electron chi connectivity index (χ1n) is 8.06. The van der Waals surface area contributed by atoms with Gasteiger partial charge in [0.05, 0.1) is 16.3 Å². The largest absolute Gasteiger partial charge is 0.455 e. The van der Waals surface area contributed by atoms with Gasteiger partial charge in [-0.1, -0.05) is 6.07 Å². The highest BCUT2D eigenvalue weighted by Gasteiger charge is 2.12. The zero-order chi connectivity index (χ0) is 18.9. The molecule has 6 heteroatoms. The van der Waals surface area contributed by atoms with Crippen LogP contribution in [0.25, 0.3) is 11.3 Å². The van der Waals surface area contributed by atoms with Gasteiger partial charge < -0.3 is 10.5 Å². The van der Waals surface area contributed by atoms with E-state index >= 15 is 0 Å². The first-order chi connectivity index (χ1) is 12.3. The second kappa shape index (κ2) is 6.80. The van der Waals surface area contributed by atoms with Gasteiger partial charge in [-0.05, 0) is 67.4 Å². The molecule has 0 saturated heterocycles. The lowest BCUT2D eigenvalue weighted by atomic mass is 10.0. The molecule has 1 heterocycles. The summed E-state index contributed by atoms with van der Waals surface area (Å²) < 4.78 is 29.0. The number of pyridine rings is 1. The number of benzene rings is 2. The number of nitrogen functional groups attached to an aromatic ring is 1. The SMILES string of the molecule is Cc1cccnc1-c1cc(C)c(N)c(Oc2ccc(S(C)(=O)=O)cc2)c1. The third-order valence-electron chi connectivity index (χ3n) is 4.11. The standard InChI is InChI=1S/C20H20N2O3S/c1-13-5-4-10-22-20(13)15-11-14(2)19(21)18(12-15)25-16-6-8-17(9-7-16)26(3,23)24/h4-12H,21H2,1-3H3. The Hall–Kier alpha value is -2.86. The second-order valence-electron chi connectivity index (χ2n) is 6.22. The van der Waals surface area contributed by atoms with Crippen molar-refractivity contribution in [3.05, 3.63) is 65.9 Å². The van der Waals surface area contributed by atoms with Gasteiger partial charge in [0.1, 0.15) is 5.75 Å². The molecule has 0 spiro atoms. The summed E-state index contributed by atoms with van der Waals surface area (Å²) in [4.78, 5) is 4.69. The Morgan fingerprint density at radius 3 is 2.31 bits per heavy atom. The van der Waals surface area contributed by atoms with Gasteiger partial charge in [0.2, 0.25) is 0 Å². The number of hydrogen-bond acceptors (Lipinski definition) is 5. The molecule has 0 amide bonds. The Morgan fingerprint density at radius 1 is 1.00 bits per heavy atom. The molecule has 3 rings (SSSR count). The van der Waals surface area contributed by atoms with E-state index in [-0.39, 0.29) is 4.90 Å². The summed E-state index contributed by atoms with van der Waals surface area (Å²) in [6.45, 7) is 3.91. The maximum absolute atomic E-state index is 11.6. The molecular weight excluding hydrogens is 348 g/mol. The molecule has 26 heavy (non-hydrogen) atoms. The van der Waals surface area contributed by atoms with E-state index in [2.05, 4.69) is 4.98 Å². The molecule has 0 aliphatic rings. The zero-order valence-corrected chi connectivity index (χ0v) is 15.7. The van der Waals surface area contributed by atoms with Crippen LogP contribution in [0.5, 0.6) is 11.5 Å². The van der Waals surface area contributed by atoms with Crippen molar-refractivity contribution in [3.8, 4) is 22.8 Å². The number of ether oxygens (including phenoxy) is 1. The molecule has 0 saturated carbocycles. The van der Waals surface area contributed by atoms with Crippen LogP contribution in [0.1, 0.15) is 11.1 Å². The molecule has 0 bridgehead atoms. The molecule has 0 atom stereocenters. The first kappa shape index (κ1) is 17.9. The first-order valence-corrected chi connectivity index (χ1v) is 9.95. The van der Waals surface area contributed by atoms with Crippen molar-refractivity contribution in [2.75, 3.05) is 12.0 Å². The van der Waals surface area contributed by atoms with Crippen LogP contribution in [0.4, 0.5) is 5.69 Å². The van der Waals surface area contributed by atoms with Crippen LogP contribution in [0.15, 0.2) is 59.6 Å². The van der Waals surface area contributed by atoms with Gasteiger partial charge in [-0.2, -0.15) is 0 Å². The Bertz CT molecular complexity index is 1060. The van der Waals surface area contributed by atoms with Gasteiger partial charge in [-0.25, -0.2) is 8.42 Å². The summed E-state index contributed by atoms with van der Waals surface area (Å²) in [7, 11) is -3.24. The summed E-state index contributed by atoms with van der Waals surface area (Å²) in [6.07, 6.45) is 2.92. The smallest absolute Gasteiger partial charge is 0.175 e. The third kappa shape index (κ3) is 3.70. The Labute approximate surface area is 153 Å². The Morgan fingerprint density at radius 2 is 1.69 bits per heavy atom. The van der Waals surface area contributed by atoms with Crippen molar-refractivity contribution in [2.45, 2.75) is 18.7 Å². The molecule has 0 unspecified atom stereocenters. The highest BCUT2D eigenvalue weighted by Crippen LogP contribution is 2.35. The van der Waals surface area contributed by atoms with Gasteiger partial charge in [-0.3, -0.25) is 4.98 Å². The quantitative estimate of drug-likeness (QED) is 0.700. The lowest BCUT2D eigenvalue weighted by Gasteiger charge is -2.14. The van der Waals surface area contributed by atoms with Crippen LogP contribution in [-0.2, 0) is 9.84 Å². The molecule has 1 aromatic heterocycles. The topological polar surface area (TPSA) is 82.3 Å². The predicted octanol–water partition coefficient (Wildman–Crippen LogP) is 4.14. The molecule has 2 aromatic carbocycles. The highest BCUT2D eigenvalue weighted by atomic mass is 32.2. The van der Waals surface area contributed by atoms with Crippen molar-refractivity contribution < 1.29 is 13.2 Å². The molecule has 0 aliphatic carbocycles. The number of rotatable bonds is 4. The van der Waals surface area contributed by atoms with Gasteiger partial charge in [0.25, 0.3) is 0 Å². The van der Waals surface area contributed by atoms with Crippen LogP contribution < -0.4 is 10.5 Å². The van der Waals surface area contributed by atoms with E-state index in [0.717, 1.165) is 22.4 Å². The summed E-state index contributed by atoms with van der Waals surface area (Å²) in [5.74, 6) is 1.02. The van der Waals surface area contributed by atoms with Gasteiger partial charge in [0.15, 0.2) is 15.6 Å². The van der Waals surface area contributed by atoms with Crippen LogP contribution in [0.3, 0.4) is 0 Å². The average Bonchev–Trinajstić information content (AvgIpc) is 2.59. The molecule has 134 valence electrons. The molecule has 5 nitrogen and oxygen atoms in total. The van der Waals surface area contributed by atoms with Crippen molar-refractivity contribution >= 4 is 15.5 Å². The number of aryl methyl sites for hydroxylation is 2. The Kier molecular flexibility index (Phi) is 4.70. The van der Waals surface area contributed by atoms with Crippen LogP contribution in [0, 0.1) is 13.8 Å². The molecule has 0 aliphatic heterocycles. The molecule has 0 fully saturated rings. The lowest BCUT2D eigenvalue weighted by Crippen LogP contribution is -1.99. The van der Waals surface area contributed by atoms with E-state index in [1.54, 1.807) is 18.3 Å². The summed E-state index contributed by atoms with van der Waals surface area (Å²) in [6, 6.07) is 14.0. The number of nitrogens with zero attached hydrogens (tertiary/aromatic N) is 1. The lowest BCUT2D eigenvalue weighted by molar-refractivity contribution is 0.484. The fourth-order valence-corrected chi connectivity index (χ4v) is 3.29. The number of sulfone groups is 1. The van der Waals surface area contributed by atoms with E-state index in [4.69, 9.17) is 10.5 Å². The van der Waals surface area contributed by atoms with Crippen molar-refractivity contribution in [1.29, 1.82) is 0 Å². The fraction of sp³-hybridized carbons (Fsp3) is 0.150. The van der Waals surface area contributed by atoms with E-state index in [0.29, 0.717) is 17.2 Å². The minimum atomic E-state index is -3.24. The van der Waals surface area contributed by atoms with E-state index in [1.165, 1.54) is 18.4 Å². The number of hydrogen-bond donors (Lipinski definition) is 1. The number of nitrogens with two attached hydrogens (primary N) is 1. The maximum atomic E-state index is 11.6. The van der Waals surface area contributed by atoms with E-state index < -0.39 is 9.84 Å². The fourth-order valence-electron chi connectivity index (χ4n) is 2.66. The van der Waals surface area contributed by atoms with Crippen LogP contribution in [0.2, 0.25) is 0 Å². The number of anilines is 1. The van der Waals surface area contributed by atoms with Crippen LogP contribution >= 0.6 is 0 Å². The van der Waals surface area contributed by atoms with E-state index in [1.807, 2.05) is 38.1 Å². The molecule has 2 N–H and O–H groups in total. The maximum Gasteiger partial charge on any atom is 0.175 e. The normalized spacial score (nSPS) is 11.3. The van der Waals surface area contributed by atoms with Crippen molar-refractivity contribution in [3.63, 3.8) is 0 Å². The minimum absolute atomic E-state index is 0.242. The molecule has 0 radical (unpaired) electrons. The number of aromatic nitrogens is 1. The van der Waals surface area contributed by atoms with Gasteiger partial charge >= 0.3 is 0 Å². The van der Waals surface area contributed by atoms with E-state index in [9.17, 15) is 8.42 Å². The minimum Gasteiger partial charge on any atom is -0.455 e. The summed E-state index contributed by atoms with van der Waals surface area (Å²) >= 11 is 0. The zero-order valence-electron chi connectivity index (χ0n) is 14.9. The van der Waals surface area contributed by atoms with Crippen molar-refractivity contribution in [2.24, 2.45) is 0 Å². The highest BCUT2D eigenvalue weighted by molar-refractivity contribution is 7.90. The van der Waals surface area contributed by atoms with Gasteiger partial charge in [0, 0.05) is 18.0 Å². The molecule has 3 aromatic rings. The predicted molar refractivity (Wildman–Crippen MR) is 103 cm³/mol. The monoisotopic (exact) mass is 368 g/mol.